The molecule has 3 aromatic rings. The minimum Gasteiger partial charge on any atom is -0.459 e. The van der Waals surface area contributed by atoms with E-state index in [0.29, 0.717) is 17.8 Å². The molecule has 160 valence electrons. The van der Waals surface area contributed by atoms with Gasteiger partial charge in [-0.1, -0.05) is 12.1 Å². The predicted molar refractivity (Wildman–Crippen MR) is 119 cm³/mol. The monoisotopic (exact) mass is 418 g/mol. The number of amides is 2. The van der Waals surface area contributed by atoms with Gasteiger partial charge in [0.05, 0.1) is 6.26 Å². The van der Waals surface area contributed by atoms with Gasteiger partial charge in [-0.05, 0) is 67.6 Å². The standard InChI is InChI=1S/C24H26N4O3/c1-17-7-9-19(14-20(17)27-24(30)21-6-5-13-31-21)23(29)26-16-18-8-10-22(25-15-18)28-11-3-2-4-12-28/h5-10,13-15H,2-4,11-12,16H2,1H3,(H,26,29)(H,27,30). The minimum absolute atomic E-state index is 0.214. The number of nitrogens with zero attached hydrogens (tertiary/aromatic N) is 2. The summed E-state index contributed by atoms with van der Waals surface area (Å²) in [6.07, 6.45) is 6.96. The van der Waals surface area contributed by atoms with Crippen LogP contribution in [-0.2, 0) is 6.54 Å². The Bertz CT molecular complexity index is 1040. The van der Waals surface area contributed by atoms with Crippen molar-refractivity contribution in [1.29, 1.82) is 0 Å². The second-order valence-electron chi connectivity index (χ2n) is 7.72. The number of hydrogen-bond donors (Lipinski definition) is 2. The van der Waals surface area contributed by atoms with Crippen molar-refractivity contribution in [2.24, 2.45) is 0 Å². The highest BCUT2D eigenvalue weighted by atomic mass is 16.3. The van der Waals surface area contributed by atoms with Gasteiger partial charge in [0.1, 0.15) is 5.82 Å². The van der Waals surface area contributed by atoms with Crippen molar-refractivity contribution in [1.82, 2.24) is 10.3 Å². The molecule has 2 aromatic heterocycles. The molecule has 7 nitrogen and oxygen atoms in total. The van der Waals surface area contributed by atoms with E-state index in [4.69, 9.17) is 4.42 Å². The number of piperidine rings is 1. The van der Waals surface area contributed by atoms with E-state index >= 15 is 0 Å². The third-order valence-electron chi connectivity index (χ3n) is 5.44. The highest BCUT2D eigenvalue weighted by Crippen LogP contribution is 2.19. The summed E-state index contributed by atoms with van der Waals surface area (Å²) in [7, 11) is 0. The van der Waals surface area contributed by atoms with E-state index in [1.807, 2.05) is 31.3 Å². The van der Waals surface area contributed by atoms with Gasteiger partial charge < -0.3 is 20.0 Å². The van der Waals surface area contributed by atoms with Crippen LogP contribution >= 0.6 is 0 Å². The van der Waals surface area contributed by atoms with Crippen LogP contribution in [0, 0.1) is 6.92 Å². The summed E-state index contributed by atoms with van der Waals surface area (Å²) >= 11 is 0. The summed E-state index contributed by atoms with van der Waals surface area (Å²) in [4.78, 5) is 31.7. The normalized spacial score (nSPS) is 13.6. The highest BCUT2D eigenvalue weighted by molar-refractivity contribution is 6.03. The number of rotatable bonds is 6. The molecule has 0 spiro atoms. The summed E-state index contributed by atoms with van der Waals surface area (Å²) in [5.41, 5.74) is 2.83. The Labute approximate surface area is 181 Å². The Kier molecular flexibility index (Phi) is 6.31. The van der Waals surface area contributed by atoms with Crippen LogP contribution in [-0.4, -0.2) is 29.9 Å². The average Bonchev–Trinajstić information content (AvgIpc) is 3.35. The summed E-state index contributed by atoms with van der Waals surface area (Å²) < 4.78 is 5.12. The smallest absolute Gasteiger partial charge is 0.291 e. The zero-order valence-electron chi connectivity index (χ0n) is 17.6. The van der Waals surface area contributed by atoms with E-state index in [-0.39, 0.29) is 17.6 Å². The molecule has 31 heavy (non-hydrogen) atoms. The van der Waals surface area contributed by atoms with Crippen LogP contribution in [0.4, 0.5) is 11.5 Å². The fourth-order valence-corrected chi connectivity index (χ4v) is 3.61. The molecule has 1 saturated heterocycles. The molecule has 2 N–H and O–H groups in total. The fraction of sp³-hybridized carbons (Fsp3) is 0.292. The Morgan fingerprint density at radius 3 is 2.61 bits per heavy atom. The summed E-state index contributed by atoms with van der Waals surface area (Å²) in [6, 6.07) is 12.5. The lowest BCUT2D eigenvalue weighted by molar-refractivity contribution is 0.0949. The number of furan rings is 1. The first-order valence-corrected chi connectivity index (χ1v) is 10.5. The van der Waals surface area contributed by atoms with Gasteiger partial charge in [0.15, 0.2) is 5.76 Å². The maximum atomic E-state index is 12.6. The maximum absolute atomic E-state index is 12.6. The van der Waals surface area contributed by atoms with Crippen molar-refractivity contribution in [3.63, 3.8) is 0 Å². The molecule has 1 aliphatic heterocycles. The molecule has 3 heterocycles. The van der Waals surface area contributed by atoms with Crippen molar-refractivity contribution in [2.45, 2.75) is 32.7 Å². The third-order valence-corrected chi connectivity index (χ3v) is 5.44. The molecular formula is C24H26N4O3. The predicted octanol–water partition coefficient (Wildman–Crippen LogP) is 4.16. The number of pyridine rings is 1. The largest absolute Gasteiger partial charge is 0.459 e. The first-order chi connectivity index (χ1) is 15.1. The number of hydrogen-bond acceptors (Lipinski definition) is 5. The molecule has 4 rings (SSSR count). The molecular weight excluding hydrogens is 392 g/mol. The Morgan fingerprint density at radius 1 is 1.06 bits per heavy atom. The number of anilines is 2. The summed E-state index contributed by atoms with van der Waals surface area (Å²) in [6.45, 7) is 4.35. The first kappa shape index (κ1) is 20.7. The molecule has 7 heteroatoms. The van der Waals surface area contributed by atoms with E-state index in [2.05, 4.69) is 20.5 Å². The van der Waals surface area contributed by atoms with Crippen molar-refractivity contribution in [3.05, 3.63) is 77.4 Å². The van der Waals surface area contributed by atoms with Crippen LogP contribution in [0.5, 0.6) is 0 Å². The number of aryl methyl sites for hydroxylation is 1. The molecule has 1 aromatic carbocycles. The number of carbonyl (C=O) groups excluding carboxylic acids is 2. The number of nitrogens with one attached hydrogen (secondary N) is 2. The van der Waals surface area contributed by atoms with Crippen LogP contribution in [0.3, 0.4) is 0 Å². The zero-order chi connectivity index (χ0) is 21.6. The lowest BCUT2D eigenvalue weighted by Gasteiger charge is -2.27. The Balaban J connectivity index is 1.36. The SMILES string of the molecule is Cc1ccc(C(=O)NCc2ccc(N3CCCCC3)nc2)cc1NC(=O)c1ccco1. The lowest BCUT2D eigenvalue weighted by Crippen LogP contribution is -2.30. The van der Waals surface area contributed by atoms with Gasteiger partial charge in [0, 0.05) is 37.1 Å². The number of benzene rings is 1. The molecule has 0 radical (unpaired) electrons. The summed E-state index contributed by atoms with van der Waals surface area (Å²) in [5.74, 6) is 0.638. The average molecular weight is 418 g/mol. The summed E-state index contributed by atoms with van der Waals surface area (Å²) in [5, 5.41) is 5.71. The van der Waals surface area contributed by atoms with Crippen molar-refractivity contribution >= 4 is 23.3 Å². The van der Waals surface area contributed by atoms with E-state index in [0.717, 1.165) is 30.0 Å². The second-order valence-corrected chi connectivity index (χ2v) is 7.72. The van der Waals surface area contributed by atoms with Gasteiger partial charge >= 0.3 is 0 Å². The molecule has 0 atom stereocenters. The van der Waals surface area contributed by atoms with Gasteiger partial charge in [-0.3, -0.25) is 9.59 Å². The first-order valence-electron chi connectivity index (χ1n) is 10.5. The lowest BCUT2D eigenvalue weighted by atomic mass is 10.1. The van der Waals surface area contributed by atoms with E-state index < -0.39 is 0 Å². The third kappa shape index (κ3) is 5.12. The van der Waals surface area contributed by atoms with Crippen LogP contribution in [0.1, 0.15) is 51.3 Å². The van der Waals surface area contributed by atoms with E-state index in [9.17, 15) is 9.59 Å². The fourth-order valence-electron chi connectivity index (χ4n) is 3.61. The van der Waals surface area contributed by atoms with Gasteiger partial charge in [0.25, 0.3) is 11.8 Å². The Hall–Kier alpha value is -3.61. The quantitative estimate of drug-likeness (QED) is 0.628. The molecule has 0 aliphatic carbocycles. The van der Waals surface area contributed by atoms with Crippen LogP contribution in [0.15, 0.2) is 59.3 Å². The minimum atomic E-state index is -0.356. The van der Waals surface area contributed by atoms with Crippen molar-refractivity contribution in [3.8, 4) is 0 Å². The molecule has 1 aliphatic rings. The van der Waals surface area contributed by atoms with E-state index in [1.54, 1.807) is 24.3 Å². The number of aromatic nitrogens is 1. The van der Waals surface area contributed by atoms with Crippen LogP contribution in [0.25, 0.3) is 0 Å². The van der Waals surface area contributed by atoms with Gasteiger partial charge in [-0.15, -0.1) is 0 Å². The Morgan fingerprint density at radius 2 is 1.90 bits per heavy atom. The molecule has 2 amide bonds. The topological polar surface area (TPSA) is 87.5 Å². The highest BCUT2D eigenvalue weighted by Gasteiger charge is 2.14. The van der Waals surface area contributed by atoms with Gasteiger partial charge in [0.2, 0.25) is 0 Å². The molecule has 0 unspecified atom stereocenters. The number of carbonyl (C=O) groups is 2. The van der Waals surface area contributed by atoms with Gasteiger partial charge in [-0.25, -0.2) is 4.98 Å². The zero-order valence-corrected chi connectivity index (χ0v) is 17.6. The van der Waals surface area contributed by atoms with Crippen molar-refractivity contribution in [2.75, 3.05) is 23.3 Å². The van der Waals surface area contributed by atoms with Crippen LogP contribution in [0.2, 0.25) is 0 Å². The van der Waals surface area contributed by atoms with E-state index in [1.165, 1.54) is 25.5 Å². The molecule has 1 fully saturated rings. The second kappa shape index (κ2) is 9.47. The molecule has 0 saturated carbocycles. The van der Waals surface area contributed by atoms with Crippen molar-refractivity contribution < 1.29 is 14.0 Å². The molecule has 0 bridgehead atoms. The van der Waals surface area contributed by atoms with Gasteiger partial charge in [-0.2, -0.15) is 0 Å². The maximum Gasteiger partial charge on any atom is 0.291 e. The van der Waals surface area contributed by atoms with Crippen LogP contribution < -0.4 is 15.5 Å².